The first-order valence-electron chi connectivity index (χ1n) is 9.26. The van der Waals surface area contributed by atoms with Gasteiger partial charge in [0.05, 0.1) is 24.7 Å². The summed E-state index contributed by atoms with van der Waals surface area (Å²) in [5.41, 5.74) is 6.89. The second kappa shape index (κ2) is 9.47. The van der Waals surface area contributed by atoms with E-state index in [9.17, 15) is 9.90 Å². The van der Waals surface area contributed by atoms with Gasteiger partial charge < -0.3 is 9.84 Å². The summed E-state index contributed by atoms with van der Waals surface area (Å²) in [6.45, 7) is 4.05. The minimum absolute atomic E-state index is 0.0163. The van der Waals surface area contributed by atoms with Crippen molar-refractivity contribution in [2.75, 3.05) is 7.11 Å². The molecule has 0 radical (unpaired) electrons. The average molecular weight is 402 g/mol. The Morgan fingerprint density at radius 1 is 0.933 bits per heavy atom. The molecule has 7 nitrogen and oxygen atoms in total. The molecule has 0 atom stereocenters. The standard InChI is InChI=1S/C23H22N4O3/c1-15-4-7-19(12-16(15)2)25-26-20-8-11-22(28)18(13-20)14-24-27-23(29)17-5-9-21(30-3)10-6-17/h4-14,28H,1-3H3,(H,27,29)/b24-14+,26-25?. The van der Waals surface area contributed by atoms with Crippen molar-refractivity contribution in [1.29, 1.82) is 0 Å². The number of amides is 1. The van der Waals surface area contributed by atoms with Gasteiger partial charge >= 0.3 is 0 Å². The molecule has 3 rings (SSSR count). The molecule has 0 aliphatic carbocycles. The highest BCUT2D eigenvalue weighted by molar-refractivity contribution is 5.95. The molecular formula is C23H22N4O3. The zero-order valence-electron chi connectivity index (χ0n) is 17.0. The average Bonchev–Trinajstić information content (AvgIpc) is 2.76. The van der Waals surface area contributed by atoms with Gasteiger partial charge in [0.1, 0.15) is 11.5 Å². The third-order valence-corrected chi connectivity index (χ3v) is 4.50. The fraction of sp³-hybridized carbons (Fsp3) is 0.130. The SMILES string of the molecule is COc1ccc(C(=O)N/N=C/c2cc(N=Nc3ccc(C)c(C)c3)ccc2O)cc1. The fourth-order valence-electron chi connectivity index (χ4n) is 2.58. The van der Waals surface area contributed by atoms with Crippen molar-refractivity contribution in [3.05, 3.63) is 82.9 Å². The van der Waals surface area contributed by atoms with E-state index in [-0.39, 0.29) is 11.7 Å². The van der Waals surface area contributed by atoms with Gasteiger partial charge in [-0.2, -0.15) is 15.3 Å². The number of hydrogen-bond acceptors (Lipinski definition) is 6. The Hall–Kier alpha value is -4.00. The van der Waals surface area contributed by atoms with Crippen LogP contribution < -0.4 is 10.2 Å². The summed E-state index contributed by atoms with van der Waals surface area (Å²) in [5, 5.41) is 22.4. The van der Waals surface area contributed by atoms with Crippen LogP contribution in [0.15, 0.2) is 76.0 Å². The molecule has 0 unspecified atom stereocenters. The Labute approximate surface area is 174 Å². The van der Waals surface area contributed by atoms with E-state index in [2.05, 4.69) is 20.8 Å². The van der Waals surface area contributed by atoms with Crippen molar-refractivity contribution in [3.63, 3.8) is 0 Å². The number of methoxy groups -OCH3 is 1. The van der Waals surface area contributed by atoms with E-state index in [1.165, 1.54) is 17.8 Å². The number of benzene rings is 3. The van der Waals surface area contributed by atoms with Gasteiger partial charge in [0.2, 0.25) is 0 Å². The van der Waals surface area contributed by atoms with Crippen molar-refractivity contribution in [2.24, 2.45) is 15.3 Å². The van der Waals surface area contributed by atoms with Gasteiger partial charge in [-0.1, -0.05) is 6.07 Å². The molecule has 1 amide bonds. The molecular weight excluding hydrogens is 380 g/mol. The molecule has 30 heavy (non-hydrogen) atoms. The van der Waals surface area contributed by atoms with E-state index in [4.69, 9.17) is 4.74 Å². The van der Waals surface area contributed by atoms with Crippen molar-refractivity contribution >= 4 is 23.5 Å². The number of rotatable bonds is 6. The number of carbonyl (C=O) groups excluding carboxylic acids is 1. The lowest BCUT2D eigenvalue weighted by Crippen LogP contribution is -2.17. The maximum absolute atomic E-state index is 12.1. The number of aromatic hydroxyl groups is 1. The number of carbonyl (C=O) groups is 1. The number of hydrogen-bond donors (Lipinski definition) is 2. The molecule has 0 saturated heterocycles. The normalized spacial score (nSPS) is 11.2. The van der Waals surface area contributed by atoms with Crippen LogP contribution in [0.25, 0.3) is 0 Å². The number of azo groups is 1. The summed E-state index contributed by atoms with van der Waals surface area (Å²) < 4.78 is 5.07. The van der Waals surface area contributed by atoms with E-state index in [0.717, 1.165) is 11.3 Å². The van der Waals surface area contributed by atoms with Crippen LogP contribution in [0, 0.1) is 13.8 Å². The fourth-order valence-corrected chi connectivity index (χ4v) is 2.58. The summed E-state index contributed by atoms with van der Waals surface area (Å²) >= 11 is 0. The van der Waals surface area contributed by atoms with Crippen LogP contribution in [0.1, 0.15) is 27.0 Å². The highest BCUT2D eigenvalue weighted by atomic mass is 16.5. The van der Waals surface area contributed by atoms with Gasteiger partial charge in [0.25, 0.3) is 5.91 Å². The lowest BCUT2D eigenvalue weighted by atomic mass is 10.1. The zero-order chi connectivity index (χ0) is 21.5. The first-order chi connectivity index (χ1) is 14.5. The molecule has 152 valence electrons. The smallest absolute Gasteiger partial charge is 0.271 e. The predicted octanol–water partition coefficient (Wildman–Crippen LogP) is 5.20. The van der Waals surface area contributed by atoms with Crippen LogP contribution >= 0.6 is 0 Å². The van der Waals surface area contributed by atoms with Crippen LogP contribution in [0.2, 0.25) is 0 Å². The van der Waals surface area contributed by atoms with Gasteiger partial charge in [0.15, 0.2) is 0 Å². The minimum atomic E-state index is -0.376. The Morgan fingerprint density at radius 3 is 2.27 bits per heavy atom. The number of ether oxygens (including phenoxy) is 1. The summed E-state index contributed by atoms with van der Waals surface area (Å²) in [4.78, 5) is 12.1. The maximum Gasteiger partial charge on any atom is 0.271 e. The van der Waals surface area contributed by atoms with Gasteiger partial charge in [0, 0.05) is 11.1 Å². The molecule has 2 N–H and O–H groups in total. The van der Waals surface area contributed by atoms with Gasteiger partial charge in [-0.3, -0.25) is 4.79 Å². The summed E-state index contributed by atoms with van der Waals surface area (Å²) in [6, 6.07) is 17.3. The highest BCUT2D eigenvalue weighted by Crippen LogP contribution is 2.25. The molecule has 0 fully saturated rings. The van der Waals surface area contributed by atoms with Crippen LogP contribution in [-0.4, -0.2) is 24.3 Å². The van der Waals surface area contributed by atoms with Crippen molar-refractivity contribution in [3.8, 4) is 11.5 Å². The first-order valence-corrected chi connectivity index (χ1v) is 9.26. The quantitative estimate of drug-likeness (QED) is 0.337. The van der Waals surface area contributed by atoms with Gasteiger partial charge in [-0.15, -0.1) is 0 Å². The Bertz CT molecular complexity index is 1110. The zero-order valence-corrected chi connectivity index (χ0v) is 17.0. The van der Waals surface area contributed by atoms with Crippen molar-refractivity contribution in [1.82, 2.24) is 5.43 Å². The molecule has 0 aliphatic rings. The molecule has 0 spiro atoms. The van der Waals surface area contributed by atoms with E-state index in [1.807, 2.05) is 32.0 Å². The molecule has 0 bridgehead atoms. The molecule has 0 aromatic heterocycles. The topological polar surface area (TPSA) is 95.6 Å². The van der Waals surface area contributed by atoms with Crippen molar-refractivity contribution < 1.29 is 14.6 Å². The number of hydrazone groups is 1. The summed E-state index contributed by atoms with van der Waals surface area (Å²) in [7, 11) is 1.56. The van der Waals surface area contributed by atoms with Crippen LogP contribution in [0.3, 0.4) is 0 Å². The highest BCUT2D eigenvalue weighted by Gasteiger charge is 2.05. The van der Waals surface area contributed by atoms with E-state index < -0.39 is 0 Å². The van der Waals surface area contributed by atoms with Gasteiger partial charge in [-0.25, -0.2) is 5.43 Å². The summed E-state index contributed by atoms with van der Waals surface area (Å²) in [6.07, 6.45) is 1.35. The van der Waals surface area contributed by atoms with E-state index in [0.29, 0.717) is 22.6 Å². The van der Waals surface area contributed by atoms with E-state index >= 15 is 0 Å². The second-order valence-electron chi connectivity index (χ2n) is 6.64. The Kier molecular flexibility index (Phi) is 6.54. The van der Waals surface area contributed by atoms with Gasteiger partial charge in [-0.05, 0) is 79.6 Å². The number of phenols is 1. The minimum Gasteiger partial charge on any atom is -0.507 e. The Morgan fingerprint density at radius 2 is 1.60 bits per heavy atom. The molecule has 0 saturated carbocycles. The monoisotopic (exact) mass is 402 g/mol. The number of nitrogens with zero attached hydrogens (tertiary/aromatic N) is 3. The first kappa shape index (κ1) is 20.7. The third kappa shape index (κ3) is 5.29. The van der Waals surface area contributed by atoms with Crippen molar-refractivity contribution in [2.45, 2.75) is 13.8 Å². The molecule has 0 aliphatic heterocycles. The summed E-state index contributed by atoms with van der Waals surface area (Å²) in [5.74, 6) is 0.299. The van der Waals surface area contributed by atoms with Crippen LogP contribution in [-0.2, 0) is 0 Å². The maximum atomic E-state index is 12.1. The molecule has 7 heteroatoms. The lowest BCUT2D eigenvalue weighted by molar-refractivity contribution is 0.0955. The molecule has 3 aromatic rings. The molecule has 3 aromatic carbocycles. The molecule has 0 heterocycles. The predicted molar refractivity (Wildman–Crippen MR) is 116 cm³/mol. The number of nitrogens with one attached hydrogen (secondary N) is 1. The number of phenolic OH excluding ortho intramolecular Hbond substituents is 1. The lowest BCUT2D eigenvalue weighted by Gasteiger charge is -2.03. The number of aryl methyl sites for hydroxylation is 2. The second-order valence-corrected chi connectivity index (χ2v) is 6.64. The van der Waals surface area contributed by atoms with Crippen LogP contribution in [0.5, 0.6) is 11.5 Å². The third-order valence-electron chi connectivity index (χ3n) is 4.50. The Balaban J connectivity index is 1.69. The van der Waals surface area contributed by atoms with E-state index in [1.54, 1.807) is 43.5 Å². The van der Waals surface area contributed by atoms with Crippen LogP contribution in [0.4, 0.5) is 11.4 Å². The largest absolute Gasteiger partial charge is 0.507 e.